The zero-order chi connectivity index (χ0) is 36.8. The van der Waals surface area contributed by atoms with Crippen LogP contribution in [0.5, 0.6) is 5.75 Å². The van der Waals surface area contributed by atoms with Crippen LogP contribution >= 0.6 is 0 Å². The van der Waals surface area contributed by atoms with E-state index in [-0.39, 0.29) is 5.89 Å². The topological polar surface area (TPSA) is 148 Å². The van der Waals surface area contributed by atoms with E-state index in [2.05, 4.69) is 25.3 Å². The summed E-state index contributed by atoms with van der Waals surface area (Å²) >= 11 is 0. The van der Waals surface area contributed by atoms with Gasteiger partial charge in [-0.3, -0.25) is 4.79 Å². The highest BCUT2D eigenvalue weighted by Gasteiger charge is 2.47. The number of ether oxygens (including phenoxy) is 2. The van der Waals surface area contributed by atoms with Gasteiger partial charge in [-0.15, -0.1) is 23.4 Å². The Kier molecular flexibility index (Phi) is 9.06. The molecule has 50 heavy (non-hydrogen) atoms. The van der Waals surface area contributed by atoms with Crippen molar-refractivity contribution in [2.45, 2.75) is 76.9 Å². The van der Waals surface area contributed by atoms with Gasteiger partial charge in [0.05, 0.1) is 41.9 Å². The second kappa shape index (κ2) is 12.7. The minimum absolute atomic E-state index is 0.168. The molecule has 1 aliphatic heterocycles. The predicted molar refractivity (Wildman–Crippen MR) is 161 cm³/mol. The normalized spacial score (nSPS) is 16.3. The molecule has 2 aromatic carbocycles. The molecule has 0 saturated carbocycles. The van der Waals surface area contributed by atoms with E-state index in [1.807, 2.05) is 6.07 Å². The first kappa shape index (κ1) is 35.7. The summed E-state index contributed by atoms with van der Waals surface area (Å²) in [5.41, 5.74) is -3.40. The van der Waals surface area contributed by atoms with Crippen LogP contribution in [-0.2, 0) is 27.4 Å². The van der Waals surface area contributed by atoms with Crippen LogP contribution in [0.25, 0.3) is 17.1 Å². The number of carbonyl (C=O) groups excluding carboxylic acids is 2. The predicted octanol–water partition coefficient (Wildman–Crippen LogP) is 6.68. The minimum Gasteiger partial charge on any atom is -0.444 e. The fourth-order valence-corrected chi connectivity index (χ4v) is 4.93. The van der Waals surface area contributed by atoms with Crippen LogP contribution in [-0.4, -0.2) is 50.0 Å². The van der Waals surface area contributed by atoms with Crippen LogP contribution in [0.3, 0.4) is 0 Å². The lowest BCUT2D eigenvalue weighted by atomic mass is 9.96. The number of rotatable bonds is 7. The molecular formula is C32H29F6N7O5. The van der Waals surface area contributed by atoms with E-state index in [0.29, 0.717) is 17.3 Å². The zero-order valence-electron chi connectivity index (χ0n) is 27.1. The van der Waals surface area contributed by atoms with Crippen LogP contribution in [0.2, 0.25) is 0 Å². The molecule has 1 aliphatic rings. The number of halogens is 6. The number of aromatic nitrogens is 4. The van der Waals surface area contributed by atoms with Crippen molar-refractivity contribution in [1.82, 2.24) is 25.3 Å². The second-order valence-corrected chi connectivity index (χ2v) is 12.9. The Morgan fingerprint density at radius 2 is 1.80 bits per heavy atom. The second-order valence-electron chi connectivity index (χ2n) is 12.9. The van der Waals surface area contributed by atoms with Crippen LogP contribution in [0.1, 0.15) is 58.1 Å². The van der Waals surface area contributed by atoms with Crippen molar-refractivity contribution in [2.75, 3.05) is 4.90 Å². The minimum atomic E-state index is -4.93. The lowest BCUT2D eigenvalue weighted by molar-refractivity contribution is -0.274. The number of nitriles is 1. The van der Waals surface area contributed by atoms with Gasteiger partial charge in [0.25, 0.3) is 11.8 Å². The summed E-state index contributed by atoms with van der Waals surface area (Å²) in [5.74, 6) is -7.21. The average Bonchev–Trinajstić information content (AvgIpc) is 3.67. The first-order chi connectivity index (χ1) is 23.2. The molecule has 0 aliphatic carbocycles. The molecule has 3 heterocycles. The number of amides is 2. The molecule has 12 nitrogen and oxygen atoms in total. The summed E-state index contributed by atoms with van der Waals surface area (Å²) in [5, 5.41) is 23.1. The SMILES string of the molecule is CC(C)(C)OC(=O)NC1CC(F)(F)c2cc(F)c(-c3nnc(C(C)(C)C#N)o3)cc2N(Cc2ccc(-n3cc(OC(F)(F)F)cn3)cc2)C1=O. The summed E-state index contributed by atoms with van der Waals surface area (Å²) < 4.78 is 101. The number of hydrogen-bond donors (Lipinski definition) is 1. The molecule has 4 aromatic rings. The van der Waals surface area contributed by atoms with Gasteiger partial charge in [-0.2, -0.15) is 10.4 Å². The molecule has 1 unspecified atom stereocenters. The lowest BCUT2D eigenvalue weighted by Crippen LogP contribution is -2.49. The van der Waals surface area contributed by atoms with Gasteiger partial charge in [0.2, 0.25) is 11.8 Å². The van der Waals surface area contributed by atoms with E-state index >= 15 is 13.2 Å². The fraction of sp³-hybridized carbons (Fsp3) is 0.375. The van der Waals surface area contributed by atoms with Crippen molar-refractivity contribution in [2.24, 2.45) is 0 Å². The molecule has 0 fully saturated rings. The van der Waals surface area contributed by atoms with E-state index < -0.39 is 88.6 Å². The monoisotopic (exact) mass is 705 g/mol. The molecular weight excluding hydrogens is 676 g/mol. The highest BCUT2D eigenvalue weighted by molar-refractivity contribution is 6.00. The standard InChI is InChI=1S/C32H29F6N7O5/c1-29(2,3)50-28(47)41-23-12-31(34,35)21-11-22(33)20(25-42-43-27(48-25)30(4,5)16-39)10-24(21)44(26(23)46)14-17-6-8-18(9-7-17)45-15-19(13-40-45)49-32(36,37)38/h6-11,13,15,23H,12,14H2,1-5H3,(H,41,47). The highest BCUT2D eigenvalue weighted by atomic mass is 19.4. The van der Waals surface area contributed by atoms with Crippen molar-refractivity contribution < 1.29 is 49.8 Å². The number of benzene rings is 2. The fourth-order valence-electron chi connectivity index (χ4n) is 4.93. The number of nitrogens with one attached hydrogen (secondary N) is 1. The number of alkyl carbamates (subject to hydrolysis) is 1. The molecule has 1 N–H and O–H groups in total. The quantitative estimate of drug-likeness (QED) is 0.208. The largest absolute Gasteiger partial charge is 0.573 e. The number of hydrogen-bond acceptors (Lipinski definition) is 9. The third kappa shape index (κ3) is 7.82. The molecule has 2 amide bonds. The zero-order valence-corrected chi connectivity index (χ0v) is 27.1. The maximum atomic E-state index is 15.9. The highest BCUT2D eigenvalue weighted by Crippen LogP contribution is 2.45. The maximum Gasteiger partial charge on any atom is 0.573 e. The Morgan fingerprint density at radius 1 is 1.12 bits per heavy atom. The summed E-state index contributed by atoms with van der Waals surface area (Å²) in [6.45, 7) is 7.19. The maximum absolute atomic E-state index is 15.9. The summed E-state index contributed by atoms with van der Waals surface area (Å²) in [6, 6.07) is 7.44. The molecule has 0 radical (unpaired) electrons. The number of anilines is 1. The first-order valence-corrected chi connectivity index (χ1v) is 14.8. The molecule has 0 bridgehead atoms. The van der Waals surface area contributed by atoms with Gasteiger partial charge in [-0.1, -0.05) is 12.1 Å². The van der Waals surface area contributed by atoms with Gasteiger partial charge in [0.1, 0.15) is 22.9 Å². The van der Waals surface area contributed by atoms with Gasteiger partial charge in [0, 0.05) is 12.0 Å². The van der Waals surface area contributed by atoms with Crippen LogP contribution in [0.4, 0.5) is 36.8 Å². The number of alkyl halides is 5. The van der Waals surface area contributed by atoms with Gasteiger partial charge in [-0.05, 0) is 64.4 Å². The molecule has 0 spiro atoms. The van der Waals surface area contributed by atoms with E-state index in [0.717, 1.165) is 28.0 Å². The lowest BCUT2D eigenvalue weighted by Gasteiger charge is -2.27. The van der Waals surface area contributed by atoms with E-state index in [4.69, 9.17) is 9.15 Å². The Bertz CT molecular complexity index is 1960. The van der Waals surface area contributed by atoms with Gasteiger partial charge in [0.15, 0.2) is 5.75 Å². The van der Waals surface area contributed by atoms with Crippen molar-refractivity contribution >= 4 is 17.7 Å². The number of fused-ring (bicyclic) bond motifs is 1. The summed E-state index contributed by atoms with van der Waals surface area (Å²) in [7, 11) is 0. The Labute approximate surface area is 280 Å². The summed E-state index contributed by atoms with van der Waals surface area (Å²) in [4.78, 5) is 27.6. The van der Waals surface area contributed by atoms with Gasteiger partial charge < -0.3 is 24.1 Å². The van der Waals surface area contributed by atoms with Crippen molar-refractivity contribution in [1.29, 1.82) is 5.26 Å². The molecule has 0 saturated heterocycles. The number of carbonyl (C=O) groups is 2. The Morgan fingerprint density at radius 3 is 2.42 bits per heavy atom. The smallest absolute Gasteiger partial charge is 0.444 e. The molecule has 1 atom stereocenters. The van der Waals surface area contributed by atoms with Crippen molar-refractivity contribution in [3.05, 3.63) is 71.6 Å². The summed E-state index contributed by atoms with van der Waals surface area (Å²) in [6.07, 6.45) is -5.46. The van der Waals surface area contributed by atoms with Crippen LogP contribution in [0.15, 0.2) is 53.2 Å². The number of nitrogens with zero attached hydrogens (tertiary/aromatic N) is 6. The molecule has 264 valence electrons. The third-order valence-corrected chi connectivity index (χ3v) is 7.29. The average molecular weight is 706 g/mol. The molecule has 2 aromatic heterocycles. The van der Waals surface area contributed by atoms with E-state index in [1.54, 1.807) is 20.8 Å². The van der Waals surface area contributed by atoms with Crippen LogP contribution in [0, 0.1) is 17.1 Å². The van der Waals surface area contributed by atoms with Crippen molar-refractivity contribution in [3.63, 3.8) is 0 Å². The van der Waals surface area contributed by atoms with Crippen molar-refractivity contribution in [3.8, 4) is 29.0 Å². The van der Waals surface area contributed by atoms with Crippen LogP contribution < -0.4 is 15.0 Å². The van der Waals surface area contributed by atoms with E-state index in [9.17, 15) is 28.0 Å². The van der Waals surface area contributed by atoms with Gasteiger partial charge >= 0.3 is 12.5 Å². The molecule has 5 rings (SSSR count). The third-order valence-electron chi connectivity index (χ3n) is 7.29. The van der Waals surface area contributed by atoms with E-state index in [1.165, 1.54) is 38.1 Å². The Hall–Kier alpha value is -5.60. The first-order valence-electron chi connectivity index (χ1n) is 14.8. The molecule has 18 heteroatoms. The van der Waals surface area contributed by atoms with Gasteiger partial charge in [-0.25, -0.2) is 22.6 Å². The Balaban J connectivity index is 1.56.